The molecule has 12 heteroatoms. The largest absolute Gasteiger partial charge is 0.494 e. The van der Waals surface area contributed by atoms with Gasteiger partial charge in [0.25, 0.3) is 0 Å². The second-order valence-corrected chi connectivity index (χ2v) is 31.0. The lowest BCUT2D eigenvalue weighted by atomic mass is 9.66. The van der Waals surface area contributed by atoms with Crippen molar-refractivity contribution in [2.75, 3.05) is 0 Å². The lowest BCUT2D eigenvalue weighted by Crippen LogP contribution is -2.41. The summed E-state index contributed by atoms with van der Waals surface area (Å²) in [5, 5.41) is 4.98. The predicted octanol–water partition coefficient (Wildman–Crippen LogP) is 24.3. The zero-order chi connectivity index (χ0) is 72.7. The van der Waals surface area contributed by atoms with E-state index in [0.29, 0.717) is 40.0 Å². The van der Waals surface area contributed by atoms with Crippen molar-refractivity contribution in [1.82, 2.24) is 29.9 Å². The number of hydrogen-bond donors (Lipinski definition) is 0. The molecule has 1 aliphatic heterocycles. The predicted molar refractivity (Wildman–Crippen MR) is 438 cm³/mol. The van der Waals surface area contributed by atoms with Crippen LogP contribution in [-0.4, -0.2) is 48.2 Å². The Kier molecular flexibility index (Phi) is 16.8. The summed E-state index contributed by atoms with van der Waals surface area (Å²) in [6, 6.07) is 96.8. The standard InChI is InChI=1S/C45H33N3O.C27H16ClN3O.C24H29BO2/c1-3-12-29(13-4-1)42-46-43(48-44(47-42)33-21-23-37-36-17-6-8-19-40(36)49-41(37)28-33)32-15-11-14-30(26-32)31-20-22-35-34-16-5-7-18-38(34)45(39(35)27-31)24-9-2-10-25-45;28-20-10-6-9-18(15-20)26-29-25(17-7-2-1-3-8-17)30-27(31-26)19-13-14-22-21-11-4-5-12-23(21)32-24(22)16-19;1-22(2)23(3,4)27-25(26-22)17-12-13-19-18-10-6-7-11-20(18)24(21(19)16-17)14-8-5-9-15-24/h1,3-8,11-23,26-28H,2,9-10,24-25H2;1-16H;6-7,10-13,16H,5,8-9,14-15H2,1-4H3. The van der Waals surface area contributed by atoms with E-state index in [4.69, 9.17) is 59.6 Å². The van der Waals surface area contributed by atoms with E-state index < -0.39 is 0 Å². The summed E-state index contributed by atoms with van der Waals surface area (Å²) < 4.78 is 25.0. The first-order valence-corrected chi connectivity index (χ1v) is 38.4. The van der Waals surface area contributed by atoms with Crippen LogP contribution in [0, 0.1) is 0 Å². The Morgan fingerprint density at radius 1 is 0.278 bits per heavy atom. The average Bonchev–Trinajstić information content (AvgIpc) is 1.56. The Morgan fingerprint density at radius 3 is 1.14 bits per heavy atom. The van der Waals surface area contributed by atoms with Gasteiger partial charge in [-0.25, -0.2) is 29.9 Å². The Hall–Kier alpha value is -11.5. The number of furan rings is 2. The Morgan fingerprint density at radius 2 is 0.639 bits per heavy atom. The molecule has 0 N–H and O–H groups in total. The van der Waals surface area contributed by atoms with Crippen molar-refractivity contribution in [3.8, 4) is 102 Å². The van der Waals surface area contributed by atoms with E-state index in [1.807, 2.05) is 140 Å². The highest BCUT2D eigenvalue weighted by molar-refractivity contribution is 6.62. The maximum Gasteiger partial charge on any atom is 0.494 e. The van der Waals surface area contributed by atoms with Gasteiger partial charge in [0.1, 0.15) is 22.3 Å². The van der Waals surface area contributed by atoms with E-state index in [1.54, 1.807) is 0 Å². The van der Waals surface area contributed by atoms with Gasteiger partial charge in [0.15, 0.2) is 34.9 Å². The van der Waals surface area contributed by atoms with Crippen LogP contribution >= 0.6 is 11.6 Å². The molecule has 1 saturated heterocycles. The van der Waals surface area contributed by atoms with E-state index >= 15 is 0 Å². The smallest absolute Gasteiger partial charge is 0.456 e. The molecule has 10 nitrogen and oxygen atoms in total. The van der Waals surface area contributed by atoms with Crippen LogP contribution < -0.4 is 5.46 Å². The SMILES string of the molecule is CC1(C)OB(c2ccc3c(c2)C2(CCCCC2)c2ccccc2-3)OC1(C)C.Clc1cccc(-c2nc(-c3ccccc3)nc(-c3ccc4c(c3)oc3ccccc34)n2)c1.c1ccc(-c2nc(-c3cccc(-c4ccc5c(c4)C4(CCCCC4)c4ccccc4-5)c3)nc(-c3ccc4c(c3)oc3ccccc34)n2)cc1. The van der Waals surface area contributed by atoms with Gasteiger partial charge in [-0.15, -0.1) is 0 Å². The minimum absolute atomic E-state index is 0.117. The van der Waals surface area contributed by atoms with Gasteiger partial charge in [-0.3, -0.25) is 0 Å². The highest BCUT2D eigenvalue weighted by atomic mass is 35.5. The van der Waals surface area contributed by atoms with Crippen LogP contribution in [0.4, 0.5) is 0 Å². The molecule has 16 aromatic rings. The minimum Gasteiger partial charge on any atom is -0.456 e. The van der Waals surface area contributed by atoms with Crippen molar-refractivity contribution in [3.05, 3.63) is 306 Å². The Bertz CT molecular complexity index is 6140. The molecule has 5 heterocycles. The van der Waals surface area contributed by atoms with Crippen molar-refractivity contribution in [3.63, 3.8) is 0 Å². The van der Waals surface area contributed by atoms with Crippen molar-refractivity contribution in [1.29, 1.82) is 0 Å². The molecule has 21 rings (SSSR count). The van der Waals surface area contributed by atoms with Gasteiger partial charge in [0, 0.05) is 70.8 Å². The maximum absolute atomic E-state index is 6.34. The number of benzene rings is 12. The maximum atomic E-state index is 6.34. The van der Waals surface area contributed by atoms with Gasteiger partial charge in [0.2, 0.25) is 0 Å². The first-order chi connectivity index (χ1) is 52.8. The van der Waals surface area contributed by atoms with Crippen LogP contribution in [0.15, 0.2) is 288 Å². The molecular weight excluding hydrogens is 1350 g/mol. The van der Waals surface area contributed by atoms with Gasteiger partial charge in [-0.2, -0.15) is 0 Å². The van der Waals surface area contributed by atoms with E-state index in [-0.39, 0.29) is 29.2 Å². The van der Waals surface area contributed by atoms with Gasteiger partial charge < -0.3 is 18.1 Å². The van der Waals surface area contributed by atoms with E-state index in [1.165, 1.54) is 114 Å². The first kappa shape index (κ1) is 67.2. The average molecular weight is 1430 g/mol. The molecule has 2 spiro atoms. The van der Waals surface area contributed by atoms with Crippen molar-refractivity contribution >= 4 is 68.1 Å². The third-order valence-corrected chi connectivity index (χ3v) is 23.9. The molecule has 12 aromatic carbocycles. The third-order valence-electron chi connectivity index (χ3n) is 23.6. The number of aromatic nitrogens is 6. The molecule has 4 aromatic heterocycles. The molecule has 0 unspecified atom stereocenters. The summed E-state index contributed by atoms with van der Waals surface area (Å²) in [4.78, 5) is 29.4. The summed E-state index contributed by atoms with van der Waals surface area (Å²) in [6.45, 7) is 8.50. The number of para-hydroxylation sites is 2. The minimum atomic E-state index is -0.303. The summed E-state index contributed by atoms with van der Waals surface area (Å²) in [6.07, 6.45) is 12.8. The summed E-state index contributed by atoms with van der Waals surface area (Å²) >= 11 is 6.23. The van der Waals surface area contributed by atoms with E-state index in [9.17, 15) is 0 Å². The fourth-order valence-electron chi connectivity index (χ4n) is 17.5. The number of rotatable bonds is 8. The lowest BCUT2D eigenvalue weighted by molar-refractivity contribution is 0.00578. The molecule has 5 aliphatic rings. The fraction of sp³-hybridized carbons (Fsp3) is 0.188. The molecule has 3 fully saturated rings. The third kappa shape index (κ3) is 11.9. The first-order valence-electron chi connectivity index (χ1n) is 38.0. The summed E-state index contributed by atoms with van der Waals surface area (Å²) in [7, 11) is -0.287. The van der Waals surface area contributed by atoms with Crippen LogP contribution in [0.5, 0.6) is 0 Å². The topological polar surface area (TPSA) is 122 Å². The number of nitrogens with zero attached hydrogens (tertiary/aromatic N) is 6. The second kappa shape index (κ2) is 27.1. The molecule has 0 radical (unpaired) electrons. The molecule has 0 atom stereocenters. The van der Waals surface area contributed by atoms with Crippen LogP contribution in [0.3, 0.4) is 0 Å². The van der Waals surface area contributed by atoms with E-state index in [0.717, 1.165) is 88.3 Å². The zero-order valence-electron chi connectivity index (χ0n) is 60.9. The molecule has 4 aliphatic carbocycles. The van der Waals surface area contributed by atoms with Gasteiger partial charge in [-0.1, -0.05) is 269 Å². The molecule has 108 heavy (non-hydrogen) atoms. The van der Waals surface area contributed by atoms with E-state index in [2.05, 4.69) is 167 Å². The van der Waals surface area contributed by atoms with Gasteiger partial charge in [-0.05, 0) is 175 Å². The van der Waals surface area contributed by atoms with Crippen LogP contribution in [-0.2, 0) is 20.1 Å². The number of hydrogen-bond acceptors (Lipinski definition) is 10. The summed E-state index contributed by atoms with van der Waals surface area (Å²) in [5.74, 6) is 3.66. The number of fused-ring (bicyclic) bond motifs is 16. The fourth-order valence-corrected chi connectivity index (χ4v) is 17.7. The van der Waals surface area contributed by atoms with Crippen molar-refractivity contribution < 1.29 is 18.1 Å². The van der Waals surface area contributed by atoms with Crippen LogP contribution in [0.25, 0.3) is 146 Å². The second-order valence-electron chi connectivity index (χ2n) is 30.6. The van der Waals surface area contributed by atoms with Gasteiger partial charge >= 0.3 is 7.12 Å². The molecule has 0 bridgehead atoms. The van der Waals surface area contributed by atoms with Gasteiger partial charge in [0.05, 0.1) is 11.2 Å². The summed E-state index contributed by atoms with van der Waals surface area (Å²) in [5.41, 5.74) is 23.7. The molecule has 526 valence electrons. The van der Waals surface area contributed by atoms with Crippen molar-refractivity contribution in [2.24, 2.45) is 0 Å². The monoisotopic (exact) mass is 1420 g/mol. The molecule has 0 amide bonds. The molecular formula is C96H78BClN6O4. The Balaban J connectivity index is 0.000000117. The van der Waals surface area contributed by atoms with Crippen molar-refractivity contribution in [2.45, 2.75) is 114 Å². The lowest BCUT2D eigenvalue weighted by Gasteiger charge is -2.36. The zero-order valence-corrected chi connectivity index (χ0v) is 61.7. The quantitative estimate of drug-likeness (QED) is 0.136. The number of halogens is 1. The normalized spacial score (nSPS) is 16.0. The molecule has 2 saturated carbocycles. The highest BCUT2D eigenvalue weighted by Gasteiger charge is 2.53. The highest BCUT2D eigenvalue weighted by Crippen LogP contribution is 2.58. The Labute approximate surface area is 634 Å². The van der Waals surface area contributed by atoms with Crippen LogP contribution in [0.1, 0.15) is 114 Å². The van der Waals surface area contributed by atoms with Crippen LogP contribution in [0.2, 0.25) is 5.02 Å².